The molecule has 1 aromatic heterocycles. The first-order valence-corrected chi connectivity index (χ1v) is 6.52. The number of halogens is 1. The van der Waals surface area contributed by atoms with Crippen molar-refractivity contribution in [3.05, 3.63) is 15.9 Å². The quantitative estimate of drug-likeness (QED) is 0.892. The number of hydrogen-bond donors (Lipinski definition) is 1. The van der Waals surface area contributed by atoms with Gasteiger partial charge in [-0.15, -0.1) is 0 Å². The topological polar surface area (TPSA) is 67.6 Å². The van der Waals surface area contributed by atoms with Crippen LogP contribution in [0.1, 0.15) is 11.4 Å². The number of carbonyl (C=O) groups is 1. The summed E-state index contributed by atoms with van der Waals surface area (Å²) in [5.74, 6) is -0.843. The second-order valence-electron chi connectivity index (χ2n) is 4.37. The summed E-state index contributed by atoms with van der Waals surface area (Å²) in [6, 6.07) is -0.583. The smallest absolute Gasteiger partial charge is 0.323 e. The zero-order valence-electron chi connectivity index (χ0n) is 10.4. The Balaban J connectivity index is 2.18. The Morgan fingerprint density at radius 1 is 1.67 bits per heavy atom. The van der Waals surface area contributed by atoms with Crippen molar-refractivity contribution in [2.75, 3.05) is 19.8 Å². The summed E-state index contributed by atoms with van der Waals surface area (Å²) in [6.07, 6.45) is 0. The number of carboxylic acid groups (broad SMARTS) is 1. The second kappa shape index (κ2) is 5.38. The maximum atomic E-state index is 11.2. The largest absolute Gasteiger partial charge is 0.480 e. The average Bonchev–Trinajstić information content (AvgIpc) is 2.56. The molecule has 7 heteroatoms. The Labute approximate surface area is 114 Å². The lowest BCUT2D eigenvalue weighted by atomic mass is 10.2. The number of ether oxygens (including phenoxy) is 1. The fourth-order valence-electron chi connectivity index (χ4n) is 2.10. The molecular weight excluding hydrogens is 302 g/mol. The van der Waals surface area contributed by atoms with E-state index in [1.165, 1.54) is 0 Å². The molecule has 1 saturated heterocycles. The number of hydrogen-bond acceptors (Lipinski definition) is 4. The second-order valence-corrected chi connectivity index (χ2v) is 5.16. The molecule has 1 unspecified atom stereocenters. The van der Waals surface area contributed by atoms with Crippen molar-refractivity contribution in [2.45, 2.75) is 19.5 Å². The summed E-state index contributed by atoms with van der Waals surface area (Å²) in [5, 5.41) is 13.5. The molecule has 18 heavy (non-hydrogen) atoms. The molecular formula is C11H16BrN3O3. The number of carboxylic acids is 1. The highest BCUT2D eigenvalue weighted by Gasteiger charge is 2.30. The first kappa shape index (κ1) is 13.5. The van der Waals surface area contributed by atoms with Crippen molar-refractivity contribution in [3.63, 3.8) is 0 Å². The minimum atomic E-state index is -0.843. The van der Waals surface area contributed by atoms with Gasteiger partial charge in [0.1, 0.15) is 6.04 Å². The summed E-state index contributed by atoms with van der Waals surface area (Å²) < 4.78 is 7.95. The highest BCUT2D eigenvalue weighted by molar-refractivity contribution is 9.10. The molecule has 0 aromatic carbocycles. The highest BCUT2D eigenvalue weighted by atomic mass is 79.9. The molecule has 1 aliphatic heterocycles. The third-order valence-corrected chi connectivity index (χ3v) is 4.17. The summed E-state index contributed by atoms with van der Waals surface area (Å²) in [6.45, 7) is 3.90. The number of aliphatic carboxylic acids is 1. The van der Waals surface area contributed by atoms with Gasteiger partial charge in [-0.05, 0) is 22.9 Å². The van der Waals surface area contributed by atoms with E-state index in [0.29, 0.717) is 19.7 Å². The molecule has 2 rings (SSSR count). The van der Waals surface area contributed by atoms with E-state index in [4.69, 9.17) is 4.74 Å². The minimum absolute atomic E-state index is 0.240. The van der Waals surface area contributed by atoms with Crippen molar-refractivity contribution in [1.29, 1.82) is 0 Å². The van der Waals surface area contributed by atoms with Crippen LogP contribution in [0.4, 0.5) is 0 Å². The van der Waals surface area contributed by atoms with E-state index in [0.717, 1.165) is 15.9 Å². The molecule has 0 amide bonds. The van der Waals surface area contributed by atoms with E-state index < -0.39 is 12.0 Å². The van der Waals surface area contributed by atoms with Crippen molar-refractivity contribution in [2.24, 2.45) is 7.05 Å². The maximum Gasteiger partial charge on any atom is 0.323 e. The van der Waals surface area contributed by atoms with Crippen LogP contribution in [0.5, 0.6) is 0 Å². The number of morpholine rings is 1. The zero-order chi connectivity index (χ0) is 13.3. The zero-order valence-corrected chi connectivity index (χ0v) is 12.0. The van der Waals surface area contributed by atoms with Gasteiger partial charge in [-0.2, -0.15) is 5.10 Å². The standard InChI is InChI=1S/C11H16BrN3O3/c1-7-10(12)8(14(2)13-7)5-15-3-4-18-6-9(15)11(16)17/h9H,3-6H2,1-2H3,(H,16,17). The SMILES string of the molecule is Cc1nn(C)c(CN2CCOCC2C(=O)O)c1Br. The predicted molar refractivity (Wildman–Crippen MR) is 68.3 cm³/mol. The molecule has 1 aliphatic rings. The Hall–Kier alpha value is -0.920. The molecule has 1 fully saturated rings. The van der Waals surface area contributed by atoms with E-state index in [2.05, 4.69) is 21.0 Å². The molecule has 0 aliphatic carbocycles. The van der Waals surface area contributed by atoms with Crippen LogP contribution in [-0.4, -0.2) is 51.6 Å². The van der Waals surface area contributed by atoms with Crippen molar-refractivity contribution < 1.29 is 14.6 Å². The molecule has 2 heterocycles. The summed E-state index contributed by atoms with van der Waals surface area (Å²) >= 11 is 3.50. The van der Waals surface area contributed by atoms with Gasteiger partial charge < -0.3 is 9.84 Å². The molecule has 0 radical (unpaired) electrons. The van der Waals surface area contributed by atoms with Crippen molar-refractivity contribution >= 4 is 21.9 Å². The Morgan fingerprint density at radius 3 is 2.94 bits per heavy atom. The Bertz CT molecular complexity index is 461. The summed E-state index contributed by atoms with van der Waals surface area (Å²) in [4.78, 5) is 13.1. The van der Waals surface area contributed by atoms with E-state index in [9.17, 15) is 9.90 Å². The lowest BCUT2D eigenvalue weighted by molar-refractivity contribution is -0.150. The highest BCUT2D eigenvalue weighted by Crippen LogP contribution is 2.23. The van der Waals surface area contributed by atoms with Crippen LogP contribution in [-0.2, 0) is 23.1 Å². The molecule has 1 atom stereocenters. The van der Waals surface area contributed by atoms with Gasteiger partial charge in [-0.25, -0.2) is 0 Å². The number of aryl methyl sites for hydroxylation is 2. The van der Waals surface area contributed by atoms with E-state index >= 15 is 0 Å². The van der Waals surface area contributed by atoms with Gasteiger partial charge in [-0.3, -0.25) is 14.4 Å². The van der Waals surface area contributed by atoms with Crippen LogP contribution in [0.25, 0.3) is 0 Å². The average molecular weight is 318 g/mol. The Kier molecular flexibility index (Phi) is 4.04. The third kappa shape index (κ3) is 2.57. The van der Waals surface area contributed by atoms with Gasteiger partial charge in [0.05, 0.1) is 29.1 Å². The third-order valence-electron chi connectivity index (χ3n) is 3.14. The maximum absolute atomic E-state index is 11.2. The van der Waals surface area contributed by atoms with Crippen LogP contribution in [0, 0.1) is 6.92 Å². The summed E-state index contributed by atoms with van der Waals surface area (Å²) in [7, 11) is 1.86. The molecule has 1 aromatic rings. The van der Waals surface area contributed by atoms with Crippen LogP contribution >= 0.6 is 15.9 Å². The van der Waals surface area contributed by atoms with Crippen LogP contribution in [0.2, 0.25) is 0 Å². The van der Waals surface area contributed by atoms with Gasteiger partial charge in [0.2, 0.25) is 0 Å². The van der Waals surface area contributed by atoms with Crippen LogP contribution in [0.15, 0.2) is 4.47 Å². The fourth-order valence-corrected chi connectivity index (χ4v) is 2.56. The normalized spacial score (nSPS) is 21.2. The van der Waals surface area contributed by atoms with Crippen molar-refractivity contribution in [3.8, 4) is 0 Å². The molecule has 0 bridgehead atoms. The minimum Gasteiger partial charge on any atom is -0.480 e. The first-order chi connectivity index (χ1) is 8.50. The number of rotatable bonds is 3. The van der Waals surface area contributed by atoms with Crippen LogP contribution in [0.3, 0.4) is 0 Å². The monoisotopic (exact) mass is 317 g/mol. The molecule has 0 spiro atoms. The van der Waals surface area contributed by atoms with Gasteiger partial charge >= 0.3 is 5.97 Å². The fraction of sp³-hybridized carbons (Fsp3) is 0.636. The predicted octanol–water partition coefficient (Wildman–Crippen LogP) is 0.776. The van der Waals surface area contributed by atoms with Gasteiger partial charge in [0.25, 0.3) is 0 Å². The van der Waals surface area contributed by atoms with Crippen molar-refractivity contribution in [1.82, 2.24) is 14.7 Å². The number of aromatic nitrogens is 2. The van der Waals surface area contributed by atoms with Gasteiger partial charge in [0.15, 0.2) is 0 Å². The lowest BCUT2D eigenvalue weighted by Crippen LogP contribution is -2.49. The lowest BCUT2D eigenvalue weighted by Gasteiger charge is -2.32. The molecule has 1 N–H and O–H groups in total. The van der Waals surface area contributed by atoms with E-state index in [-0.39, 0.29) is 6.61 Å². The summed E-state index contributed by atoms with van der Waals surface area (Å²) in [5.41, 5.74) is 1.90. The van der Waals surface area contributed by atoms with Crippen LogP contribution < -0.4 is 0 Å². The first-order valence-electron chi connectivity index (χ1n) is 5.73. The molecule has 6 nitrogen and oxygen atoms in total. The van der Waals surface area contributed by atoms with E-state index in [1.807, 2.05) is 18.9 Å². The van der Waals surface area contributed by atoms with E-state index in [1.54, 1.807) is 4.68 Å². The van der Waals surface area contributed by atoms with Gasteiger partial charge in [0, 0.05) is 20.1 Å². The molecule has 0 saturated carbocycles. The van der Waals surface area contributed by atoms with Gasteiger partial charge in [-0.1, -0.05) is 0 Å². The molecule has 100 valence electrons. The number of nitrogens with zero attached hydrogens (tertiary/aromatic N) is 3. The Morgan fingerprint density at radius 2 is 2.39 bits per heavy atom.